The molecule has 2 aromatic carbocycles. The van der Waals surface area contributed by atoms with Gasteiger partial charge in [0.15, 0.2) is 5.11 Å². The first-order valence-corrected chi connectivity index (χ1v) is 7.09. The maximum absolute atomic E-state index is 5.63. The average Bonchev–Trinajstić information content (AvgIpc) is 2.47. The third kappa shape index (κ3) is 4.90. The molecule has 0 saturated heterocycles. The lowest BCUT2D eigenvalue weighted by Gasteiger charge is -2.10. The molecule has 4 heteroatoms. The molecular weight excluding hydrogens is 266 g/mol. The number of nitrogens with two attached hydrogens (primary N) is 1. The van der Waals surface area contributed by atoms with Gasteiger partial charge in [-0.05, 0) is 54.9 Å². The summed E-state index contributed by atoms with van der Waals surface area (Å²) in [7, 11) is 0. The van der Waals surface area contributed by atoms with Gasteiger partial charge in [0.05, 0.1) is 0 Å². The third-order valence-electron chi connectivity index (χ3n) is 2.94. The normalized spacial score (nSPS) is 10.0. The van der Waals surface area contributed by atoms with E-state index < -0.39 is 0 Å². The van der Waals surface area contributed by atoms with Crippen molar-refractivity contribution in [2.24, 2.45) is 0 Å². The molecule has 0 heterocycles. The molecule has 4 N–H and O–H groups in total. The van der Waals surface area contributed by atoms with Crippen molar-refractivity contribution in [2.45, 2.75) is 12.8 Å². The van der Waals surface area contributed by atoms with Crippen LogP contribution in [0.3, 0.4) is 0 Å². The van der Waals surface area contributed by atoms with Gasteiger partial charge in [0, 0.05) is 17.9 Å². The summed E-state index contributed by atoms with van der Waals surface area (Å²) < 4.78 is 0. The summed E-state index contributed by atoms with van der Waals surface area (Å²) in [6.07, 6.45) is 2.10. The minimum absolute atomic E-state index is 0.642. The number of rotatable bonds is 5. The summed E-state index contributed by atoms with van der Waals surface area (Å²) in [4.78, 5) is 0. The molecule has 104 valence electrons. The molecule has 0 atom stereocenters. The van der Waals surface area contributed by atoms with E-state index in [1.165, 1.54) is 5.56 Å². The first kappa shape index (κ1) is 14.3. The van der Waals surface area contributed by atoms with Gasteiger partial charge >= 0.3 is 0 Å². The molecule has 0 aliphatic carbocycles. The molecule has 0 fully saturated rings. The zero-order valence-electron chi connectivity index (χ0n) is 11.3. The van der Waals surface area contributed by atoms with Gasteiger partial charge in [-0.1, -0.05) is 30.3 Å². The van der Waals surface area contributed by atoms with Gasteiger partial charge < -0.3 is 16.4 Å². The standard InChI is InChI=1S/C16H19N3S/c17-14-8-10-15(11-9-14)19-16(20)18-12-4-7-13-5-2-1-3-6-13/h1-3,5-6,8-11H,4,7,12,17H2,(H2,18,19,20). The van der Waals surface area contributed by atoms with Gasteiger partial charge in [0.25, 0.3) is 0 Å². The van der Waals surface area contributed by atoms with Gasteiger partial charge in [0.1, 0.15) is 0 Å². The third-order valence-corrected chi connectivity index (χ3v) is 3.19. The minimum Gasteiger partial charge on any atom is -0.399 e. The van der Waals surface area contributed by atoms with E-state index in [0.717, 1.165) is 30.8 Å². The first-order chi connectivity index (χ1) is 9.74. The molecule has 0 radical (unpaired) electrons. The van der Waals surface area contributed by atoms with Gasteiger partial charge in [-0.25, -0.2) is 0 Å². The second-order valence-corrected chi connectivity index (χ2v) is 5.00. The predicted octanol–water partition coefficient (Wildman–Crippen LogP) is 3.19. The molecular formula is C16H19N3S. The van der Waals surface area contributed by atoms with Crippen molar-refractivity contribution < 1.29 is 0 Å². The Morgan fingerprint density at radius 3 is 2.40 bits per heavy atom. The fourth-order valence-corrected chi connectivity index (χ4v) is 2.10. The Hall–Kier alpha value is -2.07. The van der Waals surface area contributed by atoms with Gasteiger partial charge in [0.2, 0.25) is 0 Å². The highest BCUT2D eigenvalue weighted by molar-refractivity contribution is 7.80. The second kappa shape index (κ2) is 7.50. The van der Waals surface area contributed by atoms with E-state index in [2.05, 4.69) is 34.9 Å². The SMILES string of the molecule is Nc1ccc(NC(=S)NCCCc2ccccc2)cc1. The molecule has 0 aromatic heterocycles. The Balaban J connectivity index is 1.66. The molecule has 0 aliphatic rings. The smallest absolute Gasteiger partial charge is 0.170 e. The molecule has 0 unspecified atom stereocenters. The Bertz CT molecular complexity index is 537. The van der Waals surface area contributed by atoms with Crippen LogP contribution in [-0.4, -0.2) is 11.7 Å². The van der Waals surface area contributed by atoms with Crippen LogP contribution in [0.5, 0.6) is 0 Å². The summed E-state index contributed by atoms with van der Waals surface area (Å²) >= 11 is 5.25. The van der Waals surface area contributed by atoms with E-state index in [0.29, 0.717) is 5.11 Å². The number of anilines is 2. The second-order valence-electron chi connectivity index (χ2n) is 4.59. The number of nitrogen functional groups attached to an aromatic ring is 1. The Morgan fingerprint density at radius 2 is 1.70 bits per heavy atom. The van der Waals surface area contributed by atoms with Crippen LogP contribution in [-0.2, 0) is 6.42 Å². The van der Waals surface area contributed by atoms with Crippen LogP contribution in [0.1, 0.15) is 12.0 Å². The molecule has 0 aliphatic heterocycles. The van der Waals surface area contributed by atoms with Crippen molar-refractivity contribution in [3.05, 3.63) is 60.2 Å². The maximum atomic E-state index is 5.63. The predicted molar refractivity (Wildman–Crippen MR) is 89.8 cm³/mol. The number of hydrogen-bond donors (Lipinski definition) is 3. The van der Waals surface area contributed by atoms with E-state index in [1.54, 1.807) is 0 Å². The van der Waals surface area contributed by atoms with Gasteiger partial charge in [-0.15, -0.1) is 0 Å². The van der Waals surface area contributed by atoms with Gasteiger partial charge in [-0.2, -0.15) is 0 Å². The molecule has 20 heavy (non-hydrogen) atoms. The Labute approximate surface area is 125 Å². The van der Waals surface area contributed by atoms with Crippen molar-refractivity contribution in [3.8, 4) is 0 Å². The summed E-state index contributed by atoms with van der Waals surface area (Å²) in [5.74, 6) is 0. The monoisotopic (exact) mass is 285 g/mol. The summed E-state index contributed by atoms with van der Waals surface area (Å²) in [5, 5.41) is 6.98. The van der Waals surface area contributed by atoms with Crippen LogP contribution < -0.4 is 16.4 Å². The lowest BCUT2D eigenvalue weighted by atomic mass is 10.1. The molecule has 0 saturated carbocycles. The highest BCUT2D eigenvalue weighted by Crippen LogP contribution is 2.10. The van der Waals surface area contributed by atoms with E-state index in [9.17, 15) is 0 Å². The molecule has 2 rings (SSSR count). The lowest BCUT2D eigenvalue weighted by Crippen LogP contribution is -2.29. The Kier molecular flexibility index (Phi) is 5.38. The number of thiocarbonyl (C=S) groups is 1. The Morgan fingerprint density at radius 1 is 1.00 bits per heavy atom. The van der Waals surface area contributed by atoms with Crippen molar-refractivity contribution in [3.63, 3.8) is 0 Å². The summed E-state index contributed by atoms with van der Waals surface area (Å²) in [5.41, 5.74) is 8.68. The largest absolute Gasteiger partial charge is 0.399 e. The fraction of sp³-hybridized carbons (Fsp3) is 0.188. The summed E-state index contributed by atoms with van der Waals surface area (Å²) in [6.45, 7) is 0.857. The zero-order chi connectivity index (χ0) is 14.2. The van der Waals surface area contributed by atoms with Crippen molar-refractivity contribution >= 4 is 28.7 Å². The van der Waals surface area contributed by atoms with Gasteiger partial charge in [-0.3, -0.25) is 0 Å². The van der Waals surface area contributed by atoms with E-state index in [-0.39, 0.29) is 0 Å². The number of nitrogens with one attached hydrogen (secondary N) is 2. The molecule has 0 amide bonds. The number of aryl methyl sites for hydroxylation is 1. The molecule has 3 nitrogen and oxygen atoms in total. The summed E-state index contributed by atoms with van der Waals surface area (Å²) in [6, 6.07) is 18.0. The zero-order valence-corrected chi connectivity index (χ0v) is 12.1. The molecule has 0 bridgehead atoms. The van der Waals surface area contributed by atoms with Crippen LogP contribution in [0.4, 0.5) is 11.4 Å². The molecule has 0 spiro atoms. The number of hydrogen-bond acceptors (Lipinski definition) is 2. The van der Waals surface area contributed by atoms with Crippen LogP contribution in [0, 0.1) is 0 Å². The van der Waals surface area contributed by atoms with E-state index >= 15 is 0 Å². The van der Waals surface area contributed by atoms with Crippen molar-refractivity contribution in [1.82, 2.24) is 5.32 Å². The highest BCUT2D eigenvalue weighted by Gasteiger charge is 1.97. The highest BCUT2D eigenvalue weighted by atomic mass is 32.1. The van der Waals surface area contributed by atoms with Crippen LogP contribution in [0.15, 0.2) is 54.6 Å². The number of benzene rings is 2. The van der Waals surface area contributed by atoms with E-state index in [1.807, 2.05) is 30.3 Å². The van der Waals surface area contributed by atoms with Crippen LogP contribution >= 0.6 is 12.2 Å². The lowest BCUT2D eigenvalue weighted by molar-refractivity contribution is 0.777. The van der Waals surface area contributed by atoms with Crippen LogP contribution in [0.25, 0.3) is 0 Å². The van der Waals surface area contributed by atoms with Crippen molar-refractivity contribution in [1.29, 1.82) is 0 Å². The van der Waals surface area contributed by atoms with Crippen LogP contribution in [0.2, 0.25) is 0 Å². The van der Waals surface area contributed by atoms with Crippen molar-refractivity contribution in [2.75, 3.05) is 17.6 Å². The average molecular weight is 285 g/mol. The first-order valence-electron chi connectivity index (χ1n) is 6.68. The quantitative estimate of drug-likeness (QED) is 0.448. The van der Waals surface area contributed by atoms with E-state index in [4.69, 9.17) is 18.0 Å². The minimum atomic E-state index is 0.642. The topological polar surface area (TPSA) is 50.1 Å². The maximum Gasteiger partial charge on any atom is 0.170 e. The molecule has 2 aromatic rings. The fourth-order valence-electron chi connectivity index (χ4n) is 1.88.